The first-order chi connectivity index (χ1) is 10.0. The van der Waals surface area contributed by atoms with E-state index in [4.69, 9.17) is 0 Å². The molecule has 0 aromatic heterocycles. The van der Waals surface area contributed by atoms with Crippen molar-refractivity contribution in [1.82, 2.24) is 0 Å². The largest absolute Gasteiger partial charge is 0.380 e. The van der Waals surface area contributed by atoms with Crippen LogP contribution in [0.1, 0.15) is 38.5 Å². The molecular weight excluding hydrogens is 379 g/mol. The standard InChI is InChI=1S/C16H19IN2O2/c17-14-6-13(1-2-15(14)19(20)21)18-16-7-10-3-11(8-16)5-12(4-10)9-16/h1-2,6,10-12,18H,3-5,7-9H2. The van der Waals surface area contributed by atoms with Gasteiger partial charge in [0.05, 0.1) is 8.49 Å². The third kappa shape index (κ3) is 2.43. The van der Waals surface area contributed by atoms with Crippen LogP contribution in [0, 0.1) is 31.4 Å². The van der Waals surface area contributed by atoms with Crippen molar-refractivity contribution in [3.8, 4) is 0 Å². The van der Waals surface area contributed by atoms with Gasteiger partial charge in [0.25, 0.3) is 5.69 Å². The summed E-state index contributed by atoms with van der Waals surface area (Å²) in [6.45, 7) is 0. The van der Waals surface area contributed by atoms with Gasteiger partial charge in [0, 0.05) is 17.3 Å². The summed E-state index contributed by atoms with van der Waals surface area (Å²) in [6, 6.07) is 5.43. The SMILES string of the molecule is O=[N+]([O-])c1ccc(NC23CC4CC(CC(C4)C2)C3)cc1I. The highest BCUT2D eigenvalue weighted by Crippen LogP contribution is 2.56. The van der Waals surface area contributed by atoms with Crippen molar-refractivity contribution in [1.29, 1.82) is 0 Å². The Morgan fingerprint density at radius 2 is 1.71 bits per heavy atom. The van der Waals surface area contributed by atoms with Crippen LogP contribution in [0.2, 0.25) is 0 Å². The van der Waals surface area contributed by atoms with Gasteiger partial charge >= 0.3 is 0 Å². The van der Waals surface area contributed by atoms with Crippen LogP contribution in [-0.4, -0.2) is 10.5 Å². The van der Waals surface area contributed by atoms with E-state index in [1.807, 2.05) is 12.1 Å². The number of anilines is 1. The molecular formula is C16H19IN2O2. The number of hydrogen-bond donors (Lipinski definition) is 1. The molecule has 5 rings (SSSR count). The highest BCUT2D eigenvalue weighted by Gasteiger charge is 2.50. The average Bonchev–Trinajstić information content (AvgIpc) is 2.35. The molecule has 4 bridgehead atoms. The number of nitro benzene ring substituents is 1. The summed E-state index contributed by atoms with van der Waals surface area (Å²) in [5.41, 5.74) is 1.51. The summed E-state index contributed by atoms with van der Waals surface area (Å²) in [6.07, 6.45) is 8.14. The fourth-order valence-electron chi connectivity index (χ4n) is 5.30. The van der Waals surface area contributed by atoms with E-state index >= 15 is 0 Å². The van der Waals surface area contributed by atoms with E-state index < -0.39 is 0 Å². The van der Waals surface area contributed by atoms with E-state index in [9.17, 15) is 10.1 Å². The van der Waals surface area contributed by atoms with Crippen molar-refractivity contribution >= 4 is 34.0 Å². The Balaban J connectivity index is 1.58. The van der Waals surface area contributed by atoms with Gasteiger partial charge in [-0.2, -0.15) is 0 Å². The van der Waals surface area contributed by atoms with E-state index in [2.05, 4.69) is 27.9 Å². The number of nitrogens with zero attached hydrogens (tertiary/aromatic N) is 1. The molecule has 4 aliphatic carbocycles. The molecule has 4 fully saturated rings. The predicted molar refractivity (Wildman–Crippen MR) is 90.3 cm³/mol. The molecule has 21 heavy (non-hydrogen) atoms. The van der Waals surface area contributed by atoms with Crippen molar-refractivity contribution in [3.63, 3.8) is 0 Å². The second-order valence-corrected chi connectivity index (χ2v) is 8.41. The molecule has 0 heterocycles. The van der Waals surface area contributed by atoms with Gasteiger partial charge in [0.15, 0.2) is 0 Å². The van der Waals surface area contributed by atoms with Crippen LogP contribution in [0.3, 0.4) is 0 Å². The lowest BCUT2D eigenvalue weighted by Gasteiger charge is -2.57. The molecule has 4 aliphatic rings. The van der Waals surface area contributed by atoms with Crippen LogP contribution >= 0.6 is 22.6 Å². The molecule has 1 aromatic rings. The summed E-state index contributed by atoms with van der Waals surface area (Å²) in [7, 11) is 0. The second kappa shape index (κ2) is 4.83. The first-order valence-corrected chi connectivity index (χ1v) is 8.83. The Morgan fingerprint density at radius 1 is 1.14 bits per heavy atom. The average molecular weight is 398 g/mol. The maximum absolute atomic E-state index is 10.9. The number of hydrogen-bond acceptors (Lipinski definition) is 3. The van der Waals surface area contributed by atoms with Crippen molar-refractivity contribution in [2.75, 3.05) is 5.32 Å². The molecule has 0 atom stereocenters. The molecule has 4 saturated carbocycles. The fraction of sp³-hybridized carbons (Fsp3) is 0.625. The van der Waals surface area contributed by atoms with Crippen molar-refractivity contribution in [2.24, 2.45) is 17.8 Å². The van der Waals surface area contributed by atoms with Gasteiger partial charge in [-0.25, -0.2) is 0 Å². The summed E-state index contributed by atoms with van der Waals surface area (Å²) in [4.78, 5) is 10.6. The van der Waals surface area contributed by atoms with Gasteiger partial charge in [-0.05, 0) is 91.0 Å². The number of benzene rings is 1. The number of nitro groups is 1. The lowest BCUT2D eigenvalue weighted by atomic mass is 9.53. The van der Waals surface area contributed by atoms with Crippen LogP contribution in [0.25, 0.3) is 0 Å². The molecule has 0 spiro atoms. The minimum absolute atomic E-state index is 0.201. The highest BCUT2D eigenvalue weighted by molar-refractivity contribution is 14.1. The highest BCUT2D eigenvalue weighted by atomic mass is 127. The van der Waals surface area contributed by atoms with Crippen molar-refractivity contribution < 1.29 is 4.92 Å². The molecule has 0 aliphatic heterocycles. The monoisotopic (exact) mass is 398 g/mol. The second-order valence-electron chi connectivity index (χ2n) is 7.25. The van der Waals surface area contributed by atoms with E-state index in [1.165, 1.54) is 38.5 Å². The normalized spacial score (nSPS) is 36.7. The molecule has 0 amide bonds. The lowest BCUT2D eigenvalue weighted by Crippen LogP contribution is -2.54. The van der Waals surface area contributed by atoms with Gasteiger partial charge in [-0.3, -0.25) is 10.1 Å². The third-order valence-corrected chi connectivity index (χ3v) is 6.46. The topological polar surface area (TPSA) is 55.2 Å². The van der Waals surface area contributed by atoms with Crippen LogP contribution < -0.4 is 5.32 Å². The minimum atomic E-state index is -0.309. The van der Waals surface area contributed by atoms with Gasteiger partial charge in [-0.15, -0.1) is 0 Å². The summed E-state index contributed by atoms with van der Waals surface area (Å²) in [5, 5.41) is 14.7. The van der Waals surface area contributed by atoms with Gasteiger partial charge in [0.2, 0.25) is 0 Å². The van der Waals surface area contributed by atoms with Gasteiger partial charge in [0.1, 0.15) is 0 Å². The van der Waals surface area contributed by atoms with E-state index in [0.717, 1.165) is 23.4 Å². The molecule has 0 radical (unpaired) electrons. The maximum Gasteiger partial charge on any atom is 0.282 e. The molecule has 5 heteroatoms. The Labute approximate surface area is 138 Å². The Bertz CT molecular complexity index is 567. The lowest BCUT2D eigenvalue weighted by molar-refractivity contribution is -0.385. The first-order valence-electron chi connectivity index (χ1n) is 7.75. The van der Waals surface area contributed by atoms with Crippen LogP contribution in [-0.2, 0) is 0 Å². The van der Waals surface area contributed by atoms with E-state index in [1.54, 1.807) is 6.07 Å². The molecule has 112 valence electrons. The zero-order valence-corrected chi connectivity index (χ0v) is 14.0. The zero-order valence-electron chi connectivity index (χ0n) is 11.8. The van der Waals surface area contributed by atoms with Crippen molar-refractivity contribution in [2.45, 2.75) is 44.1 Å². The number of nitrogens with one attached hydrogen (secondary N) is 1. The molecule has 0 unspecified atom stereocenters. The zero-order chi connectivity index (χ0) is 14.6. The third-order valence-electron chi connectivity index (χ3n) is 5.59. The first kappa shape index (κ1) is 13.8. The smallest absolute Gasteiger partial charge is 0.282 e. The summed E-state index contributed by atoms with van der Waals surface area (Å²) < 4.78 is 0.715. The molecule has 1 N–H and O–H groups in total. The molecule has 0 saturated heterocycles. The van der Waals surface area contributed by atoms with Crippen LogP contribution in [0.4, 0.5) is 11.4 Å². The molecule has 1 aromatic carbocycles. The van der Waals surface area contributed by atoms with Crippen molar-refractivity contribution in [3.05, 3.63) is 31.9 Å². The minimum Gasteiger partial charge on any atom is -0.380 e. The maximum atomic E-state index is 10.9. The number of rotatable bonds is 3. The molecule has 4 nitrogen and oxygen atoms in total. The fourth-order valence-corrected chi connectivity index (χ4v) is 6.01. The Hall–Kier alpha value is -0.850. The van der Waals surface area contributed by atoms with Gasteiger partial charge < -0.3 is 5.32 Å². The van der Waals surface area contributed by atoms with E-state index in [0.29, 0.717) is 3.57 Å². The van der Waals surface area contributed by atoms with Crippen LogP contribution in [0.5, 0.6) is 0 Å². The van der Waals surface area contributed by atoms with Crippen LogP contribution in [0.15, 0.2) is 18.2 Å². The summed E-state index contributed by atoms with van der Waals surface area (Å²) in [5.74, 6) is 2.71. The summed E-state index contributed by atoms with van der Waals surface area (Å²) >= 11 is 2.06. The van der Waals surface area contributed by atoms with Gasteiger partial charge in [-0.1, -0.05) is 0 Å². The Morgan fingerprint density at radius 3 is 2.19 bits per heavy atom. The van der Waals surface area contributed by atoms with E-state index in [-0.39, 0.29) is 16.1 Å². The number of halogens is 1. The predicted octanol–water partition coefficient (Wildman–Crippen LogP) is 4.58. The Kier molecular flexibility index (Phi) is 3.17. The quantitative estimate of drug-likeness (QED) is 0.461.